The van der Waals surface area contributed by atoms with Crippen LogP contribution < -0.4 is 5.32 Å². The van der Waals surface area contributed by atoms with Crippen molar-refractivity contribution in [3.05, 3.63) is 46.3 Å². The second-order valence-corrected chi connectivity index (χ2v) is 7.21. The maximum Gasteiger partial charge on any atom is 0.0541 e. The van der Waals surface area contributed by atoms with Crippen LogP contribution in [-0.4, -0.2) is 17.3 Å². The molecule has 2 nitrogen and oxygen atoms in total. The first-order chi connectivity index (χ1) is 10.2. The van der Waals surface area contributed by atoms with Gasteiger partial charge in [-0.2, -0.15) is 0 Å². The average Bonchev–Trinajstić information content (AvgIpc) is 2.96. The Morgan fingerprint density at radius 1 is 1.10 bits per heavy atom. The SMILES string of the molecule is OC1CCC(NCc2ccc(-c3ccccc3Cl)s2)CC1. The normalized spacial score (nSPS) is 22.4. The van der Waals surface area contributed by atoms with Crippen molar-refractivity contribution in [1.82, 2.24) is 5.32 Å². The molecule has 1 saturated carbocycles. The van der Waals surface area contributed by atoms with E-state index in [0.717, 1.165) is 42.8 Å². The fourth-order valence-electron chi connectivity index (χ4n) is 2.80. The number of hydrogen-bond donors (Lipinski definition) is 2. The van der Waals surface area contributed by atoms with Gasteiger partial charge in [0.1, 0.15) is 0 Å². The Kier molecular flexibility index (Phi) is 4.96. The van der Waals surface area contributed by atoms with Gasteiger partial charge in [-0.25, -0.2) is 0 Å². The largest absolute Gasteiger partial charge is 0.393 e. The van der Waals surface area contributed by atoms with Crippen molar-refractivity contribution < 1.29 is 5.11 Å². The fourth-order valence-corrected chi connectivity index (χ4v) is 4.10. The Balaban J connectivity index is 1.59. The van der Waals surface area contributed by atoms with Gasteiger partial charge in [-0.3, -0.25) is 0 Å². The van der Waals surface area contributed by atoms with Crippen molar-refractivity contribution in [3.8, 4) is 10.4 Å². The Morgan fingerprint density at radius 2 is 1.86 bits per heavy atom. The van der Waals surface area contributed by atoms with Crippen LogP contribution in [0, 0.1) is 0 Å². The fraction of sp³-hybridized carbons (Fsp3) is 0.412. The first kappa shape index (κ1) is 15.0. The van der Waals surface area contributed by atoms with Gasteiger partial charge >= 0.3 is 0 Å². The first-order valence-electron chi connectivity index (χ1n) is 7.47. The maximum atomic E-state index is 9.53. The van der Waals surface area contributed by atoms with Gasteiger partial charge < -0.3 is 10.4 Å². The number of benzene rings is 1. The van der Waals surface area contributed by atoms with Crippen molar-refractivity contribution in [3.63, 3.8) is 0 Å². The van der Waals surface area contributed by atoms with Crippen LogP contribution in [-0.2, 0) is 6.54 Å². The molecule has 1 aliphatic carbocycles. The monoisotopic (exact) mass is 321 g/mol. The molecule has 3 rings (SSSR count). The van der Waals surface area contributed by atoms with Gasteiger partial charge in [0, 0.05) is 32.9 Å². The Labute approximate surface area is 134 Å². The van der Waals surface area contributed by atoms with Gasteiger partial charge in [0.2, 0.25) is 0 Å². The Hall–Kier alpha value is -0.870. The van der Waals surface area contributed by atoms with Crippen LogP contribution in [0.3, 0.4) is 0 Å². The summed E-state index contributed by atoms with van der Waals surface area (Å²) in [5.41, 5.74) is 1.11. The third-order valence-electron chi connectivity index (χ3n) is 4.06. The smallest absolute Gasteiger partial charge is 0.0541 e. The number of nitrogens with one attached hydrogen (secondary N) is 1. The minimum Gasteiger partial charge on any atom is -0.393 e. The molecule has 0 spiro atoms. The summed E-state index contributed by atoms with van der Waals surface area (Å²) < 4.78 is 0. The summed E-state index contributed by atoms with van der Waals surface area (Å²) in [6.45, 7) is 0.899. The molecule has 1 aromatic heterocycles. The summed E-state index contributed by atoms with van der Waals surface area (Å²) in [4.78, 5) is 2.55. The van der Waals surface area contributed by atoms with Gasteiger partial charge in [-0.15, -0.1) is 11.3 Å². The number of rotatable bonds is 4. The third-order valence-corrected chi connectivity index (χ3v) is 5.51. The van der Waals surface area contributed by atoms with E-state index in [4.69, 9.17) is 11.6 Å². The van der Waals surface area contributed by atoms with Crippen LogP contribution >= 0.6 is 22.9 Å². The highest BCUT2D eigenvalue weighted by molar-refractivity contribution is 7.15. The second-order valence-electron chi connectivity index (χ2n) is 5.63. The highest BCUT2D eigenvalue weighted by Gasteiger charge is 2.18. The van der Waals surface area contributed by atoms with E-state index in [1.54, 1.807) is 11.3 Å². The lowest BCUT2D eigenvalue weighted by Crippen LogP contribution is -2.33. The number of aliphatic hydroxyl groups is 1. The van der Waals surface area contributed by atoms with Crippen LogP contribution in [0.25, 0.3) is 10.4 Å². The van der Waals surface area contributed by atoms with Crippen LogP contribution in [0.15, 0.2) is 36.4 Å². The van der Waals surface area contributed by atoms with Crippen LogP contribution in [0.4, 0.5) is 0 Å². The van der Waals surface area contributed by atoms with Crippen molar-refractivity contribution in [2.24, 2.45) is 0 Å². The topological polar surface area (TPSA) is 32.3 Å². The van der Waals surface area contributed by atoms with E-state index in [2.05, 4.69) is 23.5 Å². The Bertz CT molecular complexity index is 590. The predicted molar refractivity (Wildman–Crippen MR) is 89.9 cm³/mol. The van der Waals surface area contributed by atoms with Gasteiger partial charge in [0.05, 0.1) is 6.10 Å². The molecule has 112 valence electrons. The molecule has 1 aliphatic rings. The molecule has 1 fully saturated rings. The molecular weight excluding hydrogens is 302 g/mol. The van der Waals surface area contributed by atoms with Crippen molar-refractivity contribution in [1.29, 1.82) is 0 Å². The molecule has 0 bridgehead atoms. The van der Waals surface area contributed by atoms with E-state index >= 15 is 0 Å². The lowest BCUT2D eigenvalue weighted by molar-refractivity contribution is 0.116. The quantitative estimate of drug-likeness (QED) is 0.871. The van der Waals surface area contributed by atoms with Gasteiger partial charge in [0.25, 0.3) is 0 Å². The molecule has 0 atom stereocenters. The third kappa shape index (κ3) is 3.86. The van der Waals surface area contributed by atoms with Crippen molar-refractivity contribution in [2.75, 3.05) is 0 Å². The first-order valence-corrected chi connectivity index (χ1v) is 8.67. The molecule has 1 aromatic carbocycles. The summed E-state index contributed by atoms with van der Waals surface area (Å²) >= 11 is 8.04. The second kappa shape index (κ2) is 6.93. The van der Waals surface area contributed by atoms with Crippen molar-refractivity contribution in [2.45, 2.75) is 44.4 Å². The molecule has 0 unspecified atom stereocenters. The maximum absolute atomic E-state index is 9.53. The van der Waals surface area contributed by atoms with Gasteiger partial charge in [-0.05, 0) is 43.9 Å². The van der Waals surface area contributed by atoms with Gasteiger partial charge in [-0.1, -0.05) is 29.8 Å². The zero-order valence-electron chi connectivity index (χ0n) is 11.9. The average molecular weight is 322 g/mol. The zero-order chi connectivity index (χ0) is 14.7. The summed E-state index contributed by atoms with van der Waals surface area (Å²) in [6, 6.07) is 12.8. The molecule has 1 heterocycles. The minimum atomic E-state index is -0.0865. The zero-order valence-corrected chi connectivity index (χ0v) is 13.5. The molecule has 0 amide bonds. The minimum absolute atomic E-state index is 0.0865. The molecule has 0 radical (unpaired) electrons. The van der Waals surface area contributed by atoms with E-state index in [0.29, 0.717) is 6.04 Å². The van der Waals surface area contributed by atoms with E-state index in [1.807, 2.05) is 18.2 Å². The van der Waals surface area contributed by atoms with Crippen LogP contribution in [0.1, 0.15) is 30.6 Å². The number of aliphatic hydroxyl groups excluding tert-OH is 1. The summed E-state index contributed by atoms with van der Waals surface area (Å²) in [7, 11) is 0. The molecule has 4 heteroatoms. The molecular formula is C17H20ClNOS. The summed E-state index contributed by atoms with van der Waals surface area (Å²) in [5, 5.41) is 13.9. The van der Waals surface area contributed by atoms with E-state index in [1.165, 1.54) is 9.75 Å². The van der Waals surface area contributed by atoms with E-state index in [-0.39, 0.29) is 6.10 Å². The summed E-state index contributed by atoms with van der Waals surface area (Å²) in [5.74, 6) is 0. The van der Waals surface area contributed by atoms with Gasteiger partial charge in [0.15, 0.2) is 0 Å². The van der Waals surface area contributed by atoms with E-state index in [9.17, 15) is 5.11 Å². The molecule has 2 N–H and O–H groups in total. The van der Waals surface area contributed by atoms with Crippen LogP contribution in [0.2, 0.25) is 5.02 Å². The Morgan fingerprint density at radius 3 is 2.62 bits per heavy atom. The summed E-state index contributed by atoms with van der Waals surface area (Å²) in [6.07, 6.45) is 3.91. The molecule has 2 aromatic rings. The highest BCUT2D eigenvalue weighted by Crippen LogP contribution is 2.33. The standard InChI is InChI=1S/C17H20ClNOS/c18-16-4-2-1-3-15(16)17-10-9-14(21-17)11-19-12-5-7-13(20)8-6-12/h1-4,9-10,12-13,19-20H,5-8,11H2. The lowest BCUT2D eigenvalue weighted by Gasteiger charge is -2.26. The number of thiophene rings is 1. The molecule has 0 saturated heterocycles. The van der Waals surface area contributed by atoms with Crippen molar-refractivity contribution >= 4 is 22.9 Å². The lowest BCUT2D eigenvalue weighted by atomic mass is 9.93. The number of hydrogen-bond acceptors (Lipinski definition) is 3. The predicted octanol–water partition coefficient (Wildman–Crippen LogP) is 4.46. The molecule has 0 aliphatic heterocycles. The van der Waals surface area contributed by atoms with Crippen LogP contribution in [0.5, 0.6) is 0 Å². The van der Waals surface area contributed by atoms with E-state index < -0.39 is 0 Å². The number of halogens is 1. The highest BCUT2D eigenvalue weighted by atomic mass is 35.5. The molecule has 21 heavy (non-hydrogen) atoms.